The summed E-state index contributed by atoms with van der Waals surface area (Å²) in [7, 11) is 0. The Morgan fingerprint density at radius 2 is 2.00 bits per heavy atom. The topological polar surface area (TPSA) is 98.9 Å². The van der Waals surface area contributed by atoms with Crippen LogP contribution in [0.4, 0.5) is 5.69 Å². The molecule has 7 nitrogen and oxygen atoms in total. The van der Waals surface area contributed by atoms with Crippen LogP contribution in [-0.4, -0.2) is 21.6 Å². The van der Waals surface area contributed by atoms with E-state index in [1.807, 2.05) is 0 Å². The fourth-order valence-electron chi connectivity index (χ4n) is 1.09. The summed E-state index contributed by atoms with van der Waals surface area (Å²) in [4.78, 5) is 30.8. The smallest absolute Gasteiger partial charge is 0.339 e. The van der Waals surface area contributed by atoms with Gasteiger partial charge < -0.3 is 9.99 Å². The number of carbonyl (C=O) groups is 1. The Hall–Kier alpha value is -2.15. The summed E-state index contributed by atoms with van der Waals surface area (Å²) in [5.41, 5.74) is -1.51. The Morgan fingerprint density at radius 3 is 2.44 bits per heavy atom. The third kappa shape index (κ3) is 3.42. The van der Waals surface area contributed by atoms with Crippen molar-refractivity contribution in [3.05, 3.63) is 33.9 Å². The summed E-state index contributed by atoms with van der Waals surface area (Å²) in [5.74, 6) is -1.74. The molecule has 0 saturated carbocycles. The van der Waals surface area contributed by atoms with Gasteiger partial charge in [0, 0.05) is 6.07 Å². The van der Waals surface area contributed by atoms with E-state index in [2.05, 4.69) is 0 Å². The van der Waals surface area contributed by atoms with Gasteiger partial charge in [0.2, 0.25) is 0 Å². The Bertz CT molecular complexity index is 445. The highest BCUT2D eigenvalue weighted by molar-refractivity contribution is 5.92. The summed E-state index contributed by atoms with van der Waals surface area (Å²) in [5, 5.41) is 19.7. The van der Waals surface area contributed by atoms with Crippen molar-refractivity contribution in [2.75, 3.05) is 0 Å². The average molecular weight is 255 g/mol. The average Bonchev–Trinajstić information content (AvgIpc) is 2.24. The number of para-hydroxylation sites is 1. The standard InChI is InChI=1S/C11H13NO6/c1-11(2,3)18-17-9-7(10(13)14)5-4-6-8(9)12(15)16/h4-6H,1-3H3,(H,13,14). The fourth-order valence-corrected chi connectivity index (χ4v) is 1.09. The molecule has 0 spiro atoms. The van der Waals surface area contributed by atoms with E-state index in [9.17, 15) is 14.9 Å². The van der Waals surface area contributed by atoms with Crippen molar-refractivity contribution in [3.63, 3.8) is 0 Å². The molecule has 0 unspecified atom stereocenters. The number of nitrogens with zero attached hydrogens (tertiary/aromatic N) is 1. The molecule has 1 N–H and O–H groups in total. The first-order valence-electron chi connectivity index (χ1n) is 5.09. The zero-order valence-electron chi connectivity index (χ0n) is 10.2. The molecule has 0 aliphatic heterocycles. The van der Waals surface area contributed by atoms with Crippen LogP contribution in [0.5, 0.6) is 5.75 Å². The molecule has 0 atom stereocenters. The van der Waals surface area contributed by atoms with Crippen LogP contribution in [0.15, 0.2) is 18.2 Å². The van der Waals surface area contributed by atoms with Gasteiger partial charge >= 0.3 is 11.7 Å². The number of hydrogen-bond donors (Lipinski definition) is 1. The number of nitro groups is 1. The lowest BCUT2D eigenvalue weighted by Gasteiger charge is -2.18. The zero-order valence-corrected chi connectivity index (χ0v) is 10.2. The molecule has 0 heterocycles. The van der Waals surface area contributed by atoms with Crippen LogP contribution in [-0.2, 0) is 4.89 Å². The van der Waals surface area contributed by atoms with Gasteiger partial charge in [-0.3, -0.25) is 10.1 Å². The van der Waals surface area contributed by atoms with E-state index in [0.29, 0.717) is 0 Å². The predicted octanol–water partition coefficient (Wildman–Crippen LogP) is 2.40. The zero-order chi connectivity index (χ0) is 13.9. The normalized spacial score (nSPS) is 11.1. The van der Waals surface area contributed by atoms with Gasteiger partial charge in [-0.15, -0.1) is 0 Å². The largest absolute Gasteiger partial charge is 0.478 e. The number of benzene rings is 1. The summed E-state index contributed by atoms with van der Waals surface area (Å²) in [6.07, 6.45) is 0. The van der Waals surface area contributed by atoms with Gasteiger partial charge in [0.05, 0.1) is 4.92 Å². The van der Waals surface area contributed by atoms with Crippen LogP contribution in [0.2, 0.25) is 0 Å². The number of nitro benzene ring substituents is 1. The monoisotopic (exact) mass is 255 g/mol. The van der Waals surface area contributed by atoms with Crippen molar-refractivity contribution in [2.24, 2.45) is 0 Å². The second kappa shape index (κ2) is 5.01. The van der Waals surface area contributed by atoms with Gasteiger partial charge in [0.25, 0.3) is 5.75 Å². The van der Waals surface area contributed by atoms with Crippen molar-refractivity contribution in [1.29, 1.82) is 0 Å². The third-order valence-corrected chi connectivity index (χ3v) is 1.80. The van der Waals surface area contributed by atoms with Gasteiger partial charge in [-0.1, -0.05) is 6.07 Å². The van der Waals surface area contributed by atoms with E-state index >= 15 is 0 Å². The van der Waals surface area contributed by atoms with Crippen molar-refractivity contribution in [2.45, 2.75) is 26.4 Å². The van der Waals surface area contributed by atoms with Gasteiger partial charge in [0.1, 0.15) is 11.2 Å². The molecule has 0 aliphatic carbocycles. The molecule has 0 radical (unpaired) electrons. The van der Waals surface area contributed by atoms with Crippen LogP contribution in [0.3, 0.4) is 0 Å². The summed E-state index contributed by atoms with van der Waals surface area (Å²) in [6.45, 7) is 5.01. The molecule has 1 aromatic carbocycles. The molecule has 0 fully saturated rings. The Labute approximate surface area is 103 Å². The molecular weight excluding hydrogens is 242 g/mol. The minimum absolute atomic E-state index is 0.326. The Balaban J connectivity index is 3.19. The van der Waals surface area contributed by atoms with Crippen molar-refractivity contribution < 1.29 is 24.6 Å². The number of carboxylic acid groups (broad SMARTS) is 1. The second-order valence-electron chi connectivity index (χ2n) is 4.50. The molecule has 0 aromatic heterocycles. The van der Waals surface area contributed by atoms with E-state index in [1.165, 1.54) is 12.1 Å². The van der Waals surface area contributed by atoms with E-state index in [-0.39, 0.29) is 5.56 Å². The first-order chi connectivity index (χ1) is 8.22. The predicted molar refractivity (Wildman–Crippen MR) is 61.5 cm³/mol. The third-order valence-electron chi connectivity index (χ3n) is 1.80. The van der Waals surface area contributed by atoms with Crippen molar-refractivity contribution in [3.8, 4) is 5.75 Å². The molecule has 98 valence electrons. The van der Waals surface area contributed by atoms with Crippen LogP contribution >= 0.6 is 0 Å². The lowest BCUT2D eigenvalue weighted by Crippen LogP contribution is -2.22. The van der Waals surface area contributed by atoms with Crippen molar-refractivity contribution in [1.82, 2.24) is 0 Å². The van der Waals surface area contributed by atoms with Crippen LogP contribution in [0.25, 0.3) is 0 Å². The fraction of sp³-hybridized carbons (Fsp3) is 0.364. The lowest BCUT2D eigenvalue weighted by atomic mass is 10.2. The molecular formula is C11H13NO6. The first-order valence-corrected chi connectivity index (χ1v) is 5.09. The van der Waals surface area contributed by atoms with E-state index < -0.39 is 27.9 Å². The molecule has 0 saturated heterocycles. The first kappa shape index (κ1) is 13.9. The SMILES string of the molecule is CC(C)(C)OOc1c(C(=O)O)cccc1[N+](=O)[O-]. The molecule has 0 amide bonds. The van der Waals surface area contributed by atoms with Gasteiger partial charge in [-0.05, 0) is 26.8 Å². The van der Waals surface area contributed by atoms with E-state index in [1.54, 1.807) is 20.8 Å². The summed E-state index contributed by atoms with van der Waals surface area (Å²) >= 11 is 0. The van der Waals surface area contributed by atoms with Gasteiger partial charge in [-0.25, -0.2) is 4.79 Å². The highest BCUT2D eigenvalue weighted by atomic mass is 17.2. The minimum atomic E-state index is -1.33. The molecule has 18 heavy (non-hydrogen) atoms. The minimum Gasteiger partial charge on any atom is -0.478 e. The number of rotatable bonds is 4. The number of aromatic carboxylic acids is 1. The molecule has 0 bridgehead atoms. The Morgan fingerprint density at radius 1 is 1.39 bits per heavy atom. The van der Waals surface area contributed by atoms with E-state index in [4.69, 9.17) is 14.9 Å². The molecule has 0 aliphatic rings. The highest BCUT2D eigenvalue weighted by Gasteiger charge is 2.26. The van der Waals surface area contributed by atoms with Gasteiger partial charge in [-0.2, -0.15) is 4.89 Å². The number of carboxylic acids is 1. The van der Waals surface area contributed by atoms with Crippen LogP contribution < -0.4 is 4.89 Å². The summed E-state index contributed by atoms with van der Waals surface area (Å²) < 4.78 is 0. The van der Waals surface area contributed by atoms with Crippen LogP contribution in [0, 0.1) is 10.1 Å². The second-order valence-corrected chi connectivity index (χ2v) is 4.50. The molecule has 1 rings (SSSR count). The van der Waals surface area contributed by atoms with Crippen LogP contribution in [0.1, 0.15) is 31.1 Å². The maximum Gasteiger partial charge on any atom is 0.339 e. The Kier molecular flexibility index (Phi) is 3.87. The summed E-state index contributed by atoms with van der Waals surface area (Å²) in [6, 6.07) is 3.62. The quantitative estimate of drug-likeness (QED) is 0.503. The lowest BCUT2D eigenvalue weighted by molar-refractivity contribution is -0.390. The molecule has 1 aromatic rings. The number of hydrogen-bond acceptors (Lipinski definition) is 5. The van der Waals surface area contributed by atoms with Crippen molar-refractivity contribution >= 4 is 11.7 Å². The van der Waals surface area contributed by atoms with E-state index in [0.717, 1.165) is 6.07 Å². The highest BCUT2D eigenvalue weighted by Crippen LogP contribution is 2.32. The molecule has 7 heteroatoms. The maximum absolute atomic E-state index is 11.0. The van der Waals surface area contributed by atoms with Gasteiger partial charge in [0.15, 0.2) is 0 Å². The maximum atomic E-state index is 11.0.